The Hall–Kier alpha value is -0.890. The third-order valence-corrected chi connectivity index (χ3v) is 5.59. The van der Waals surface area contributed by atoms with Crippen molar-refractivity contribution >= 4 is 0 Å². The van der Waals surface area contributed by atoms with Gasteiger partial charge in [-0.1, -0.05) is 32.8 Å². The fourth-order valence-corrected chi connectivity index (χ4v) is 4.65. The Kier molecular flexibility index (Phi) is 3.85. The minimum absolute atomic E-state index is 0.250. The highest BCUT2D eigenvalue weighted by Gasteiger charge is 2.48. The summed E-state index contributed by atoms with van der Waals surface area (Å²) in [5.74, 6) is 1.23. The second-order valence-electron chi connectivity index (χ2n) is 7.08. The minimum Gasteiger partial charge on any atom is -0.389 e. The van der Waals surface area contributed by atoms with Crippen molar-refractivity contribution in [3.8, 4) is 0 Å². The maximum Gasteiger partial charge on any atom is 0.0761 e. The summed E-state index contributed by atoms with van der Waals surface area (Å²) < 4.78 is 0. The van der Waals surface area contributed by atoms with E-state index in [4.69, 9.17) is 0 Å². The Morgan fingerprint density at radius 2 is 2.10 bits per heavy atom. The van der Waals surface area contributed by atoms with Gasteiger partial charge in [0.2, 0.25) is 0 Å². The fraction of sp³-hybridized carbons (Fsp3) is 0.722. The highest BCUT2D eigenvalue weighted by atomic mass is 16.3. The molecule has 2 aliphatic carbocycles. The summed E-state index contributed by atoms with van der Waals surface area (Å²) in [4.78, 5) is 4.65. The SMILES string of the molecule is CC(C)C1CCCCC1(O)C1CCCc2cccnc21. The van der Waals surface area contributed by atoms with Gasteiger partial charge < -0.3 is 5.11 Å². The molecular formula is C18H27NO. The largest absolute Gasteiger partial charge is 0.389 e. The maximum atomic E-state index is 11.5. The zero-order chi connectivity index (χ0) is 14.2. The van der Waals surface area contributed by atoms with Gasteiger partial charge in [0.25, 0.3) is 0 Å². The first kappa shape index (κ1) is 14.1. The molecular weight excluding hydrogens is 246 g/mol. The fourth-order valence-electron chi connectivity index (χ4n) is 4.65. The van der Waals surface area contributed by atoms with Crippen LogP contribution in [0.15, 0.2) is 18.3 Å². The van der Waals surface area contributed by atoms with Crippen molar-refractivity contribution < 1.29 is 5.11 Å². The first-order valence-electron chi connectivity index (χ1n) is 8.29. The lowest BCUT2D eigenvalue weighted by molar-refractivity contribution is -0.0910. The summed E-state index contributed by atoms with van der Waals surface area (Å²) >= 11 is 0. The van der Waals surface area contributed by atoms with Gasteiger partial charge in [0.15, 0.2) is 0 Å². The molecule has 1 N–H and O–H groups in total. The van der Waals surface area contributed by atoms with Crippen LogP contribution < -0.4 is 0 Å². The smallest absolute Gasteiger partial charge is 0.0761 e. The quantitative estimate of drug-likeness (QED) is 0.880. The molecule has 3 rings (SSSR count). The minimum atomic E-state index is -0.532. The Bertz CT molecular complexity index is 470. The zero-order valence-electron chi connectivity index (χ0n) is 12.8. The normalized spacial score (nSPS) is 34.0. The van der Waals surface area contributed by atoms with Gasteiger partial charge in [0.1, 0.15) is 0 Å². The predicted octanol–water partition coefficient (Wildman–Crippen LogP) is 4.08. The molecule has 1 aromatic rings. The lowest BCUT2D eigenvalue weighted by Gasteiger charge is -2.48. The molecule has 0 aromatic carbocycles. The van der Waals surface area contributed by atoms with E-state index >= 15 is 0 Å². The molecule has 0 amide bonds. The molecule has 1 saturated carbocycles. The summed E-state index contributed by atoms with van der Waals surface area (Å²) in [6.07, 6.45) is 9.88. The van der Waals surface area contributed by atoms with E-state index in [0.717, 1.165) is 19.3 Å². The summed E-state index contributed by atoms with van der Waals surface area (Å²) in [5.41, 5.74) is 2.02. The molecule has 0 aliphatic heterocycles. The van der Waals surface area contributed by atoms with Crippen LogP contribution in [-0.2, 0) is 6.42 Å². The summed E-state index contributed by atoms with van der Waals surface area (Å²) in [5, 5.41) is 11.5. The third kappa shape index (κ3) is 2.28. The molecule has 0 spiro atoms. The zero-order valence-corrected chi connectivity index (χ0v) is 12.8. The van der Waals surface area contributed by atoms with Gasteiger partial charge in [-0.15, -0.1) is 0 Å². The maximum absolute atomic E-state index is 11.5. The van der Waals surface area contributed by atoms with Crippen LogP contribution in [0.3, 0.4) is 0 Å². The van der Waals surface area contributed by atoms with E-state index in [1.165, 1.54) is 36.9 Å². The molecule has 2 heteroatoms. The summed E-state index contributed by atoms with van der Waals surface area (Å²) in [6, 6.07) is 4.23. The number of aromatic nitrogens is 1. The Balaban J connectivity index is 1.98. The monoisotopic (exact) mass is 273 g/mol. The van der Waals surface area contributed by atoms with E-state index in [-0.39, 0.29) is 5.92 Å². The van der Waals surface area contributed by atoms with Gasteiger partial charge >= 0.3 is 0 Å². The van der Waals surface area contributed by atoms with Gasteiger partial charge in [-0.2, -0.15) is 0 Å². The summed E-state index contributed by atoms with van der Waals surface area (Å²) in [6.45, 7) is 4.53. The van der Waals surface area contributed by atoms with Crippen molar-refractivity contribution in [3.63, 3.8) is 0 Å². The van der Waals surface area contributed by atoms with Gasteiger partial charge in [0.05, 0.1) is 5.60 Å². The average molecular weight is 273 g/mol. The molecule has 3 atom stereocenters. The van der Waals surface area contributed by atoms with Crippen LogP contribution in [0.2, 0.25) is 0 Å². The molecule has 0 radical (unpaired) electrons. The van der Waals surface area contributed by atoms with Crippen molar-refractivity contribution in [2.24, 2.45) is 11.8 Å². The number of hydrogen-bond donors (Lipinski definition) is 1. The lowest BCUT2D eigenvalue weighted by atomic mass is 9.61. The number of rotatable bonds is 2. The van der Waals surface area contributed by atoms with Gasteiger partial charge in [-0.3, -0.25) is 4.98 Å². The number of pyridine rings is 1. The van der Waals surface area contributed by atoms with Crippen molar-refractivity contribution in [1.29, 1.82) is 0 Å². The molecule has 2 aliphatic rings. The number of aliphatic hydroxyl groups is 1. The van der Waals surface area contributed by atoms with E-state index in [0.29, 0.717) is 11.8 Å². The van der Waals surface area contributed by atoms with Crippen molar-refractivity contribution in [2.45, 2.75) is 70.3 Å². The Morgan fingerprint density at radius 1 is 1.25 bits per heavy atom. The van der Waals surface area contributed by atoms with E-state index in [9.17, 15) is 5.11 Å². The second-order valence-corrected chi connectivity index (χ2v) is 7.08. The van der Waals surface area contributed by atoms with E-state index in [2.05, 4.69) is 24.9 Å². The number of hydrogen-bond acceptors (Lipinski definition) is 2. The molecule has 110 valence electrons. The van der Waals surface area contributed by atoms with E-state index in [1.807, 2.05) is 12.3 Å². The number of aryl methyl sites for hydroxylation is 1. The van der Waals surface area contributed by atoms with Crippen molar-refractivity contribution in [1.82, 2.24) is 4.98 Å². The molecule has 0 saturated heterocycles. The topological polar surface area (TPSA) is 33.1 Å². The van der Waals surface area contributed by atoms with Crippen molar-refractivity contribution in [2.75, 3.05) is 0 Å². The molecule has 1 fully saturated rings. The van der Waals surface area contributed by atoms with Crippen LogP contribution in [0, 0.1) is 11.8 Å². The first-order valence-corrected chi connectivity index (χ1v) is 8.29. The van der Waals surface area contributed by atoms with Crippen LogP contribution in [0.25, 0.3) is 0 Å². The van der Waals surface area contributed by atoms with Crippen molar-refractivity contribution in [3.05, 3.63) is 29.6 Å². The molecule has 20 heavy (non-hydrogen) atoms. The van der Waals surface area contributed by atoms with E-state index < -0.39 is 5.60 Å². The Morgan fingerprint density at radius 3 is 2.90 bits per heavy atom. The average Bonchev–Trinajstić information content (AvgIpc) is 2.46. The number of nitrogens with zero attached hydrogens (tertiary/aromatic N) is 1. The Labute approximate surface area is 122 Å². The van der Waals surface area contributed by atoms with Gasteiger partial charge in [0, 0.05) is 17.8 Å². The molecule has 2 nitrogen and oxygen atoms in total. The van der Waals surface area contributed by atoms with Crippen LogP contribution >= 0.6 is 0 Å². The van der Waals surface area contributed by atoms with Crippen LogP contribution in [0.4, 0.5) is 0 Å². The standard InChI is InChI=1S/C18H27NO/c1-13(2)15-9-3-4-11-18(15,20)16-10-5-7-14-8-6-12-19-17(14)16/h6,8,12-13,15-16,20H,3-5,7,9-11H2,1-2H3. The van der Waals surface area contributed by atoms with E-state index in [1.54, 1.807) is 0 Å². The third-order valence-electron chi connectivity index (χ3n) is 5.59. The number of fused-ring (bicyclic) bond motifs is 1. The predicted molar refractivity (Wildman–Crippen MR) is 81.7 cm³/mol. The van der Waals surface area contributed by atoms with Crippen LogP contribution in [0.1, 0.15) is 69.5 Å². The second kappa shape index (κ2) is 5.48. The van der Waals surface area contributed by atoms with Crippen LogP contribution in [0.5, 0.6) is 0 Å². The molecule has 1 aromatic heterocycles. The molecule has 0 bridgehead atoms. The van der Waals surface area contributed by atoms with Gasteiger partial charge in [-0.05, 0) is 55.6 Å². The molecule has 1 heterocycles. The lowest BCUT2D eigenvalue weighted by Crippen LogP contribution is -2.49. The molecule has 3 unspecified atom stereocenters. The van der Waals surface area contributed by atoms with Crippen LogP contribution in [-0.4, -0.2) is 15.7 Å². The first-order chi connectivity index (χ1) is 9.63. The summed E-state index contributed by atoms with van der Waals surface area (Å²) in [7, 11) is 0. The van der Waals surface area contributed by atoms with Gasteiger partial charge in [-0.25, -0.2) is 0 Å². The highest BCUT2D eigenvalue weighted by molar-refractivity contribution is 5.29. The highest BCUT2D eigenvalue weighted by Crippen LogP contribution is 2.50.